The third-order valence-corrected chi connectivity index (χ3v) is 5.53. The van der Waals surface area contributed by atoms with Gasteiger partial charge in [0.1, 0.15) is 5.75 Å². The summed E-state index contributed by atoms with van der Waals surface area (Å²) < 4.78 is 10.5. The zero-order chi connectivity index (χ0) is 22.7. The predicted molar refractivity (Wildman–Crippen MR) is 122 cm³/mol. The maximum Gasteiger partial charge on any atom is 0.311 e. The maximum absolute atomic E-state index is 12.5. The first-order valence-electron chi connectivity index (χ1n) is 10.0. The monoisotopic (exact) mass is 452 g/mol. The molecule has 0 radical (unpaired) electrons. The molecule has 0 aromatic heterocycles. The van der Waals surface area contributed by atoms with Gasteiger partial charge in [0.15, 0.2) is 6.61 Å². The van der Waals surface area contributed by atoms with Crippen LogP contribution in [0.1, 0.15) is 6.42 Å². The lowest BCUT2D eigenvalue weighted by Crippen LogP contribution is -2.28. The molecular weight excluding hydrogens is 432 g/mol. The van der Waals surface area contributed by atoms with E-state index in [9.17, 15) is 14.4 Å². The van der Waals surface area contributed by atoms with Crippen LogP contribution in [0, 0.1) is 5.92 Å². The Balaban J connectivity index is 1.37. The minimum Gasteiger partial charge on any atom is -0.495 e. The van der Waals surface area contributed by atoms with Crippen LogP contribution in [0.3, 0.4) is 0 Å². The van der Waals surface area contributed by atoms with E-state index in [1.165, 1.54) is 12.0 Å². The fourth-order valence-corrected chi connectivity index (χ4v) is 3.91. The molecule has 3 aromatic rings. The van der Waals surface area contributed by atoms with Crippen LogP contribution in [0.4, 0.5) is 11.4 Å². The number of anilines is 2. The fourth-order valence-electron chi connectivity index (χ4n) is 3.75. The van der Waals surface area contributed by atoms with Crippen molar-refractivity contribution in [2.75, 3.05) is 30.5 Å². The van der Waals surface area contributed by atoms with Gasteiger partial charge in [0, 0.05) is 29.1 Å². The van der Waals surface area contributed by atoms with Crippen molar-refractivity contribution in [3.63, 3.8) is 0 Å². The first-order chi connectivity index (χ1) is 15.5. The van der Waals surface area contributed by atoms with Crippen molar-refractivity contribution in [2.24, 2.45) is 5.92 Å². The van der Waals surface area contributed by atoms with E-state index in [4.69, 9.17) is 21.1 Å². The van der Waals surface area contributed by atoms with Crippen molar-refractivity contribution >= 4 is 51.5 Å². The molecule has 3 aromatic carbocycles. The first-order valence-corrected chi connectivity index (χ1v) is 10.4. The van der Waals surface area contributed by atoms with Crippen molar-refractivity contribution in [1.29, 1.82) is 0 Å². The third kappa shape index (κ3) is 4.53. The number of methoxy groups -OCH3 is 1. The number of fused-ring (bicyclic) bond motifs is 1. The number of ether oxygens (including phenoxy) is 2. The number of benzene rings is 3. The van der Waals surface area contributed by atoms with Gasteiger partial charge in [0.05, 0.1) is 18.7 Å². The molecule has 1 N–H and O–H groups in total. The molecule has 0 spiro atoms. The van der Waals surface area contributed by atoms with Gasteiger partial charge in [0.25, 0.3) is 5.91 Å². The highest BCUT2D eigenvalue weighted by Crippen LogP contribution is 2.35. The van der Waals surface area contributed by atoms with Gasteiger partial charge in [-0.2, -0.15) is 0 Å². The van der Waals surface area contributed by atoms with Crippen LogP contribution in [0.5, 0.6) is 5.75 Å². The van der Waals surface area contributed by atoms with E-state index >= 15 is 0 Å². The number of hydrogen-bond acceptors (Lipinski definition) is 5. The lowest BCUT2D eigenvalue weighted by atomic mass is 10.1. The molecule has 1 saturated heterocycles. The predicted octanol–water partition coefficient (Wildman–Crippen LogP) is 4.04. The fraction of sp³-hybridized carbons (Fsp3) is 0.208. The lowest BCUT2D eigenvalue weighted by Gasteiger charge is -2.19. The van der Waals surface area contributed by atoms with Crippen molar-refractivity contribution in [3.8, 4) is 5.75 Å². The topological polar surface area (TPSA) is 84.9 Å². The summed E-state index contributed by atoms with van der Waals surface area (Å²) in [6.07, 6.45) is -0.0144. The third-order valence-electron chi connectivity index (χ3n) is 5.30. The van der Waals surface area contributed by atoms with Gasteiger partial charge in [0.2, 0.25) is 5.91 Å². The summed E-state index contributed by atoms with van der Waals surface area (Å²) in [6.45, 7) is -0.313. The largest absolute Gasteiger partial charge is 0.495 e. The number of esters is 1. The average molecular weight is 453 g/mol. The Kier molecular flexibility index (Phi) is 6.28. The van der Waals surface area contributed by atoms with Crippen LogP contribution in [-0.4, -0.2) is 38.0 Å². The summed E-state index contributed by atoms with van der Waals surface area (Å²) in [7, 11) is 1.49. The number of halogens is 1. The van der Waals surface area contributed by atoms with E-state index in [1.54, 1.807) is 24.3 Å². The molecule has 164 valence electrons. The standard InChI is InChI=1S/C24H21ClN2O5/c1-31-21-10-9-17(25)12-20(21)27-13-16(11-23(27)29)24(30)32-14-22(28)26-19-8-4-6-15-5-2-3-7-18(15)19/h2-10,12,16H,11,13-14H2,1H3,(H,26,28)/t16-/m0/s1. The van der Waals surface area contributed by atoms with Crippen molar-refractivity contribution in [3.05, 3.63) is 65.7 Å². The van der Waals surface area contributed by atoms with E-state index in [0.29, 0.717) is 22.1 Å². The first kappa shape index (κ1) is 21.6. The second-order valence-electron chi connectivity index (χ2n) is 7.40. The molecule has 1 fully saturated rings. The van der Waals surface area contributed by atoms with Crippen LogP contribution < -0.4 is 15.0 Å². The van der Waals surface area contributed by atoms with E-state index in [-0.39, 0.29) is 18.9 Å². The van der Waals surface area contributed by atoms with Crippen molar-refractivity contribution in [1.82, 2.24) is 0 Å². The normalized spacial score (nSPS) is 15.6. The van der Waals surface area contributed by atoms with Crippen LogP contribution in [0.25, 0.3) is 10.8 Å². The minimum absolute atomic E-state index is 0.0144. The number of nitrogens with zero attached hydrogens (tertiary/aromatic N) is 1. The van der Waals surface area contributed by atoms with Crippen LogP contribution in [0.15, 0.2) is 60.7 Å². The summed E-state index contributed by atoms with van der Waals surface area (Å²) in [5.41, 5.74) is 1.13. The number of carbonyl (C=O) groups is 3. The van der Waals surface area contributed by atoms with E-state index < -0.39 is 24.4 Å². The molecule has 1 aliphatic heterocycles. The second kappa shape index (κ2) is 9.28. The number of rotatable bonds is 6. The zero-order valence-corrected chi connectivity index (χ0v) is 18.1. The molecule has 0 bridgehead atoms. The number of nitrogens with one attached hydrogen (secondary N) is 1. The van der Waals surface area contributed by atoms with Gasteiger partial charge in [-0.05, 0) is 29.7 Å². The molecule has 32 heavy (non-hydrogen) atoms. The van der Waals surface area contributed by atoms with Crippen molar-refractivity contribution in [2.45, 2.75) is 6.42 Å². The Bertz CT molecular complexity index is 1190. The molecule has 1 atom stereocenters. The Morgan fingerprint density at radius 1 is 1.12 bits per heavy atom. The van der Waals surface area contributed by atoms with E-state index in [0.717, 1.165) is 10.8 Å². The number of amides is 2. The smallest absolute Gasteiger partial charge is 0.311 e. The van der Waals surface area contributed by atoms with E-state index in [2.05, 4.69) is 5.32 Å². The average Bonchev–Trinajstić information content (AvgIpc) is 3.19. The van der Waals surface area contributed by atoms with Gasteiger partial charge in [-0.3, -0.25) is 14.4 Å². The van der Waals surface area contributed by atoms with Gasteiger partial charge < -0.3 is 19.7 Å². The molecule has 0 aliphatic carbocycles. The minimum atomic E-state index is -0.684. The molecule has 8 heteroatoms. The maximum atomic E-state index is 12.5. The number of hydrogen-bond donors (Lipinski definition) is 1. The van der Waals surface area contributed by atoms with Gasteiger partial charge in [-0.15, -0.1) is 0 Å². The van der Waals surface area contributed by atoms with Crippen LogP contribution >= 0.6 is 11.6 Å². The highest BCUT2D eigenvalue weighted by atomic mass is 35.5. The summed E-state index contributed by atoms with van der Waals surface area (Å²) in [4.78, 5) is 38.8. The lowest BCUT2D eigenvalue weighted by molar-refractivity contribution is -0.151. The summed E-state index contributed by atoms with van der Waals surface area (Å²) in [5.74, 6) is -1.50. The summed E-state index contributed by atoms with van der Waals surface area (Å²) in [5, 5.41) is 5.10. The van der Waals surface area contributed by atoms with Crippen LogP contribution in [0.2, 0.25) is 5.02 Å². The molecule has 1 heterocycles. The highest BCUT2D eigenvalue weighted by Gasteiger charge is 2.37. The number of carbonyl (C=O) groups excluding carboxylic acids is 3. The summed E-state index contributed by atoms with van der Waals surface area (Å²) >= 11 is 6.06. The Hall–Kier alpha value is -3.58. The Labute approximate surface area is 189 Å². The van der Waals surface area contributed by atoms with E-state index in [1.807, 2.05) is 36.4 Å². The SMILES string of the molecule is COc1ccc(Cl)cc1N1C[C@@H](C(=O)OCC(=O)Nc2cccc3ccccc23)CC1=O. The Morgan fingerprint density at radius 2 is 1.91 bits per heavy atom. The Morgan fingerprint density at radius 3 is 2.72 bits per heavy atom. The highest BCUT2D eigenvalue weighted by molar-refractivity contribution is 6.31. The zero-order valence-electron chi connectivity index (χ0n) is 17.3. The van der Waals surface area contributed by atoms with Crippen molar-refractivity contribution < 1.29 is 23.9 Å². The van der Waals surface area contributed by atoms with Gasteiger partial charge in [-0.1, -0.05) is 48.0 Å². The molecule has 2 amide bonds. The summed E-state index contributed by atoms with van der Waals surface area (Å²) in [6, 6.07) is 18.2. The van der Waals surface area contributed by atoms with Crippen LogP contribution in [-0.2, 0) is 19.1 Å². The second-order valence-corrected chi connectivity index (χ2v) is 7.84. The van der Waals surface area contributed by atoms with Gasteiger partial charge >= 0.3 is 5.97 Å². The molecule has 7 nitrogen and oxygen atoms in total. The molecule has 0 unspecified atom stereocenters. The quantitative estimate of drug-likeness (QED) is 0.570. The molecule has 1 aliphatic rings. The van der Waals surface area contributed by atoms with Gasteiger partial charge in [-0.25, -0.2) is 0 Å². The molecular formula is C24H21ClN2O5. The molecule has 0 saturated carbocycles. The molecule has 4 rings (SSSR count).